The Morgan fingerprint density at radius 2 is 2.06 bits per heavy atom. The summed E-state index contributed by atoms with van der Waals surface area (Å²) in [6.07, 6.45) is 0.0872. The Kier molecular flexibility index (Phi) is 3.43. The van der Waals surface area contributed by atoms with E-state index in [9.17, 15) is 9.59 Å². The summed E-state index contributed by atoms with van der Waals surface area (Å²) >= 11 is 3.44. The van der Waals surface area contributed by atoms with Crippen LogP contribution in [0.4, 0.5) is 5.69 Å². The fourth-order valence-corrected chi connectivity index (χ4v) is 2.62. The van der Waals surface area contributed by atoms with E-state index in [1.54, 1.807) is 4.90 Å². The smallest absolute Gasteiger partial charge is 0.308 e. The van der Waals surface area contributed by atoms with Crippen LogP contribution in [-0.2, 0) is 9.59 Å². The van der Waals surface area contributed by atoms with Crippen molar-refractivity contribution in [2.45, 2.75) is 20.3 Å². The van der Waals surface area contributed by atoms with Crippen molar-refractivity contribution in [2.75, 3.05) is 11.4 Å². The number of carboxylic acids is 1. The highest BCUT2D eigenvalue weighted by Gasteiger charge is 2.35. The number of hydrogen-bond donors (Lipinski definition) is 1. The molecule has 96 valence electrons. The van der Waals surface area contributed by atoms with Crippen LogP contribution in [0, 0.1) is 19.8 Å². The minimum absolute atomic E-state index is 0.0872. The van der Waals surface area contributed by atoms with E-state index in [4.69, 9.17) is 5.11 Å². The van der Waals surface area contributed by atoms with Gasteiger partial charge in [-0.3, -0.25) is 9.59 Å². The summed E-state index contributed by atoms with van der Waals surface area (Å²) < 4.78 is 0.991. The number of aliphatic carboxylic acids is 1. The molecule has 0 bridgehead atoms. The number of carboxylic acid groups (broad SMARTS) is 1. The van der Waals surface area contributed by atoms with Gasteiger partial charge in [-0.05, 0) is 37.1 Å². The zero-order valence-corrected chi connectivity index (χ0v) is 11.8. The molecule has 1 fully saturated rings. The lowest BCUT2D eigenvalue weighted by Gasteiger charge is -2.20. The molecule has 0 unspecified atom stereocenters. The van der Waals surface area contributed by atoms with Crippen LogP contribution in [0.15, 0.2) is 16.6 Å². The molecule has 1 aromatic carbocycles. The van der Waals surface area contributed by atoms with Gasteiger partial charge in [-0.1, -0.05) is 15.9 Å². The standard InChI is InChI=1S/C13H14BrNO3/c1-7-4-11(8(2)3-10(7)14)15-6-9(13(17)18)5-12(15)16/h3-4,9H,5-6H2,1-2H3,(H,17,18)/t9-/m1/s1. The molecule has 1 aromatic rings. The molecule has 5 heteroatoms. The van der Waals surface area contributed by atoms with E-state index in [2.05, 4.69) is 15.9 Å². The topological polar surface area (TPSA) is 57.6 Å². The summed E-state index contributed by atoms with van der Waals surface area (Å²) in [5, 5.41) is 8.98. The van der Waals surface area contributed by atoms with E-state index in [0.29, 0.717) is 0 Å². The van der Waals surface area contributed by atoms with Gasteiger partial charge in [0.15, 0.2) is 0 Å². The molecule has 1 aliphatic heterocycles. The zero-order valence-electron chi connectivity index (χ0n) is 10.2. The van der Waals surface area contributed by atoms with Crippen LogP contribution in [0.2, 0.25) is 0 Å². The van der Waals surface area contributed by atoms with Gasteiger partial charge in [0, 0.05) is 23.1 Å². The van der Waals surface area contributed by atoms with Crippen molar-refractivity contribution in [3.63, 3.8) is 0 Å². The van der Waals surface area contributed by atoms with Crippen molar-refractivity contribution in [2.24, 2.45) is 5.92 Å². The summed E-state index contributed by atoms with van der Waals surface area (Å²) in [5.41, 5.74) is 2.80. The second-order valence-corrected chi connectivity index (χ2v) is 5.49. The van der Waals surface area contributed by atoms with Gasteiger partial charge < -0.3 is 10.0 Å². The first kappa shape index (κ1) is 13.1. The molecule has 4 nitrogen and oxygen atoms in total. The van der Waals surface area contributed by atoms with Crippen molar-refractivity contribution in [1.82, 2.24) is 0 Å². The second-order valence-electron chi connectivity index (χ2n) is 4.63. The lowest BCUT2D eigenvalue weighted by Crippen LogP contribution is -2.26. The average Bonchev–Trinajstić information content (AvgIpc) is 2.66. The van der Waals surface area contributed by atoms with Crippen molar-refractivity contribution in [3.8, 4) is 0 Å². The van der Waals surface area contributed by atoms with E-state index in [-0.39, 0.29) is 18.9 Å². The summed E-state index contributed by atoms with van der Waals surface area (Å²) in [4.78, 5) is 24.4. The third kappa shape index (κ3) is 2.27. The minimum atomic E-state index is -0.905. The van der Waals surface area contributed by atoms with Crippen molar-refractivity contribution >= 4 is 33.5 Å². The normalized spacial score (nSPS) is 19.4. The maximum Gasteiger partial charge on any atom is 0.308 e. The summed E-state index contributed by atoms with van der Waals surface area (Å²) in [7, 11) is 0. The Labute approximate surface area is 114 Å². The van der Waals surface area contributed by atoms with Crippen LogP contribution in [0.1, 0.15) is 17.5 Å². The van der Waals surface area contributed by atoms with Gasteiger partial charge >= 0.3 is 5.97 Å². The second kappa shape index (κ2) is 4.72. The predicted octanol–water partition coefficient (Wildman–Crippen LogP) is 2.50. The molecule has 0 spiro atoms. The van der Waals surface area contributed by atoms with Crippen LogP contribution in [0.5, 0.6) is 0 Å². The molecular weight excluding hydrogens is 298 g/mol. The quantitative estimate of drug-likeness (QED) is 0.913. The number of carbonyl (C=O) groups is 2. The lowest BCUT2D eigenvalue weighted by atomic mass is 10.1. The molecular formula is C13H14BrNO3. The molecule has 1 atom stereocenters. The molecule has 1 amide bonds. The highest BCUT2D eigenvalue weighted by Crippen LogP contribution is 2.31. The van der Waals surface area contributed by atoms with E-state index in [1.165, 1.54) is 0 Å². The van der Waals surface area contributed by atoms with Crippen molar-refractivity contribution in [3.05, 3.63) is 27.7 Å². The van der Waals surface area contributed by atoms with E-state index in [0.717, 1.165) is 21.3 Å². The molecule has 1 aliphatic rings. The first-order valence-corrected chi connectivity index (χ1v) is 6.49. The van der Waals surface area contributed by atoms with Crippen molar-refractivity contribution in [1.29, 1.82) is 0 Å². The third-order valence-electron chi connectivity index (χ3n) is 3.24. The Morgan fingerprint density at radius 1 is 1.39 bits per heavy atom. The summed E-state index contributed by atoms with van der Waals surface area (Å²) in [6, 6.07) is 3.87. The van der Waals surface area contributed by atoms with Crippen LogP contribution >= 0.6 is 15.9 Å². The minimum Gasteiger partial charge on any atom is -0.481 e. The molecule has 2 rings (SSSR count). The Morgan fingerprint density at radius 3 is 2.61 bits per heavy atom. The Bertz CT molecular complexity index is 527. The van der Waals surface area contributed by atoms with Crippen LogP contribution in [0.3, 0.4) is 0 Å². The maximum absolute atomic E-state index is 11.9. The Balaban J connectivity index is 2.35. The molecule has 18 heavy (non-hydrogen) atoms. The number of rotatable bonds is 2. The number of amides is 1. The predicted molar refractivity (Wildman–Crippen MR) is 71.7 cm³/mol. The van der Waals surface area contributed by atoms with Crippen molar-refractivity contribution < 1.29 is 14.7 Å². The SMILES string of the molecule is Cc1cc(N2C[C@H](C(=O)O)CC2=O)c(C)cc1Br. The van der Waals surface area contributed by atoms with Gasteiger partial charge in [0.25, 0.3) is 0 Å². The number of anilines is 1. The summed E-state index contributed by atoms with van der Waals surface area (Å²) in [5.74, 6) is -1.62. The zero-order chi connectivity index (χ0) is 13.4. The van der Waals surface area contributed by atoms with Gasteiger partial charge in [-0.2, -0.15) is 0 Å². The maximum atomic E-state index is 11.9. The van der Waals surface area contributed by atoms with Crippen LogP contribution in [0.25, 0.3) is 0 Å². The van der Waals surface area contributed by atoms with Gasteiger partial charge in [-0.25, -0.2) is 0 Å². The van der Waals surface area contributed by atoms with Crippen LogP contribution in [-0.4, -0.2) is 23.5 Å². The highest BCUT2D eigenvalue weighted by molar-refractivity contribution is 9.10. The monoisotopic (exact) mass is 311 g/mol. The highest BCUT2D eigenvalue weighted by atomic mass is 79.9. The first-order valence-electron chi connectivity index (χ1n) is 5.70. The van der Waals surface area contributed by atoms with Gasteiger partial charge in [0.2, 0.25) is 5.91 Å². The van der Waals surface area contributed by atoms with Gasteiger partial charge in [0.05, 0.1) is 5.92 Å². The molecule has 0 aliphatic carbocycles. The molecule has 0 aromatic heterocycles. The third-order valence-corrected chi connectivity index (χ3v) is 4.10. The van der Waals surface area contributed by atoms with Gasteiger partial charge in [-0.15, -0.1) is 0 Å². The number of carbonyl (C=O) groups excluding carboxylic acids is 1. The number of nitrogens with zero attached hydrogens (tertiary/aromatic N) is 1. The largest absolute Gasteiger partial charge is 0.481 e. The number of hydrogen-bond acceptors (Lipinski definition) is 2. The molecule has 1 saturated heterocycles. The molecule has 1 N–H and O–H groups in total. The van der Waals surface area contributed by atoms with Gasteiger partial charge in [0.1, 0.15) is 0 Å². The van der Waals surface area contributed by atoms with Crippen LogP contribution < -0.4 is 4.90 Å². The molecule has 0 radical (unpaired) electrons. The summed E-state index contributed by atoms with van der Waals surface area (Å²) in [6.45, 7) is 4.12. The number of halogens is 1. The Hall–Kier alpha value is -1.36. The van der Waals surface area contributed by atoms with E-state index >= 15 is 0 Å². The lowest BCUT2D eigenvalue weighted by molar-refractivity contribution is -0.141. The van der Waals surface area contributed by atoms with E-state index < -0.39 is 11.9 Å². The number of benzene rings is 1. The van der Waals surface area contributed by atoms with E-state index in [1.807, 2.05) is 26.0 Å². The average molecular weight is 312 g/mol. The first-order chi connectivity index (χ1) is 8.40. The molecule has 1 heterocycles. The fraction of sp³-hybridized carbons (Fsp3) is 0.385. The fourth-order valence-electron chi connectivity index (χ4n) is 2.16. The number of aryl methyl sites for hydroxylation is 2. The molecule has 0 saturated carbocycles.